The van der Waals surface area contributed by atoms with Crippen molar-refractivity contribution in [3.63, 3.8) is 0 Å². The number of hydrogen-bond acceptors (Lipinski definition) is 2. The topological polar surface area (TPSA) is 58.4 Å². The van der Waals surface area contributed by atoms with Crippen LogP contribution in [0.15, 0.2) is 52.3 Å². The van der Waals surface area contributed by atoms with E-state index in [1.807, 2.05) is 35.8 Å². The smallest absolute Gasteiger partial charge is 0.250 e. The van der Waals surface area contributed by atoms with E-state index >= 15 is 0 Å². The van der Waals surface area contributed by atoms with Crippen molar-refractivity contribution in [2.24, 2.45) is 4.99 Å². The van der Waals surface area contributed by atoms with Gasteiger partial charge in [-0.25, -0.2) is 4.99 Å². The molecule has 2 aromatic rings. The first-order valence-electron chi connectivity index (χ1n) is 9.35. The Bertz CT molecular complexity index is 780. The Labute approximate surface area is 156 Å². The summed E-state index contributed by atoms with van der Waals surface area (Å²) in [4.78, 5) is 16.5. The van der Waals surface area contributed by atoms with Crippen LogP contribution in [0.3, 0.4) is 0 Å². The van der Waals surface area contributed by atoms with Crippen LogP contribution in [0.25, 0.3) is 0 Å². The van der Waals surface area contributed by atoms with Gasteiger partial charge in [0, 0.05) is 31.4 Å². The van der Waals surface area contributed by atoms with E-state index < -0.39 is 0 Å². The lowest BCUT2D eigenvalue weighted by Crippen LogP contribution is -2.37. The van der Waals surface area contributed by atoms with Gasteiger partial charge in [0.05, 0.1) is 6.54 Å². The predicted octanol–water partition coefficient (Wildman–Crippen LogP) is 3.00. The van der Waals surface area contributed by atoms with Gasteiger partial charge in [-0.1, -0.05) is 30.3 Å². The van der Waals surface area contributed by atoms with Gasteiger partial charge in [0.2, 0.25) is 0 Å². The van der Waals surface area contributed by atoms with E-state index in [2.05, 4.69) is 41.6 Å². The highest BCUT2D eigenvalue weighted by Crippen LogP contribution is 2.07. The van der Waals surface area contributed by atoms with E-state index in [0.29, 0.717) is 6.54 Å². The molecular weight excluding hydrogens is 324 g/mol. The number of aliphatic imine (C=N–C) groups is 1. The number of aromatic nitrogens is 1. The summed E-state index contributed by atoms with van der Waals surface area (Å²) in [6.07, 6.45) is 1.94. The lowest BCUT2D eigenvalue weighted by Gasteiger charge is -2.13. The van der Waals surface area contributed by atoms with Crippen molar-refractivity contribution in [2.45, 2.75) is 46.7 Å². The number of pyridine rings is 1. The summed E-state index contributed by atoms with van der Waals surface area (Å²) in [5.41, 5.74) is 3.59. The molecule has 0 bridgehead atoms. The molecule has 1 aromatic heterocycles. The first-order valence-corrected chi connectivity index (χ1v) is 9.35. The molecule has 0 radical (unpaired) electrons. The Balaban J connectivity index is 1.80. The van der Waals surface area contributed by atoms with Gasteiger partial charge in [0.15, 0.2) is 5.96 Å². The highest BCUT2D eigenvalue weighted by Gasteiger charge is 2.01. The maximum Gasteiger partial charge on any atom is 0.250 e. The van der Waals surface area contributed by atoms with Crippen molar-refractivity contribution in [1.82, 2.24) is 15.2 Å². The molecule has 0 saturated heterocycles. The van der Waals surface area contributed by atoms with Crippen LogP contribution in [0, 0.1) is 13.8 Å². The summed E-state index contributed by atoms with van der Waals surface area (Å²) in [7, 11) is 0. The van der Waals surface area contributed by atoms with Gasteiger partial charge < -0.3 is 15.2 Å². The Morgan fingerprint density at radius 2 is 1.85 bits per heavy atom. The maximum absolute atomic E-state index is 11.9. The number of unbranched alkanes of at least 4 members (excludes halogenated alkanes) is 1. The number of guanidine groups is 1. The van der Waals surface area contributed by atoms with Gasteiger partial charge in [-0.15, -0.1) is 0 Å². The van der Waals surface area contributed by atoms with Crippen molar-refractivity contribution in [1.29, 1.82) is 0 Å². The van der Waals surface area contributed by atoms with Crippen LogP contribution in [-0.4, -0.2) is 23.6 Å². The molecule has 0 atom stereocenters. The maximum atomic E-state index is 11.9. The fraction of sp³-hybridized carbons (Fsp3) is 0.429. The fourth-order valence-corrected chi connectivity index (χ4v) is 2.81. The second-order valence-electron chi connectivity index (χ2n) is 6.41. The van der Waals surface area contributed by atoms with Crippen LogP contribution in [0.1, 0.15) is 36.6 Å². The minimum atomic E-state index is 0.0751. The molecule has 2 rings (SSSR count). The van der Waals surface area contributed by atoms with Gasteiger partial charge in [0.25, 0.3) is 5.56 Å². The zero-order valence-corrected chi connectivity index (χ0v) is 16.1. The summed E-state index contributed by atoms with van der Waals surface area (Å²) in [5, 5.41) is 6.66. The van der Waals surface area contributed by atoms with Crippen molar-refractivity contribution < 1.29 is 0 Å². The van der Waals surface area contributed by atoms with Gasteiger partial charge in [-0.2, -0.15) is 0 Å². The first kappa shape index (κ1) is 19.8. The normalized spacial score (nSPS) is 11.4. The lowest BCUT2D eigenvalue weighted by atomic mass is 10.1. The standard InChI is InChI=1S/C21H30N4O/c1-4-22-21(24-16-19-12-6-5-10-17(19)2)23-14-7-8-15-25-18(3)11-9-13-20(25)26/h5-6,9-13H,4,7-8,14-16H2,1-3H3,(H2,22,23,24). The molecule has 0 fully saturated rings. The molecule has 5 heteroatoms. The highest BCUT2D eigenvalue weighted by molar-refractivity contribution is 5.79. The molecule has 2 N–H and O–H groups in total. The third-order valence-corrected chi connectivity index (χ3v) is 4.38. The molecule has 1 heterocycles. The van der Waals surface area contributed by atoms with Crippen LogP contribution in [0.2, 0.25) is 0 Å². The summed E-state index contributed by atoms with van der Waals surface area (Å²) in [6, 6.07) is 13.7. The SMILES string of the molecule is CCNC(=NCc1ccccc1C)NCCCCn1c(C)cccc1=O. The molecule has 1 aromatic carbocycles. The lowest BCUT2D eigenvalue weighted by molar-refractivity contribution is 0.575. The average molecular weight is 354 g/mol. The van der Waals surface area contributed by atoms with Crippen molar-refractivity contribution in [2.75, 3.05) is 13.1 Å². The van der Waals surface area contributed by atoms with Crippen molar-refractivity contribution >= 4 is 5.96 Å². The van der Waals surface area contributed by atoms with Gasteiger partial charge in [-0.3, -0.25) is 4.79 Å². The number of benzene rings is 1. The minimum absolute atomic E-state index is 0.0751. The molecule has 0 aliphatic carbocycles. The van der Waals surface area contributed by atoms with E-state index in [4.69, 9.17) is 0 Å². The molecule has 0 amide bonds. The minimum Gasteiger partial charge on any atom is -0.357 e. The van der Waals surface area contributed by atoms with E-state index in [9.17, 15) is 4.79 Å². The van der Waals surface area contributed by atoms with Crippen molar-refractivity contribution in [3.8, 4) is 0 Å². The molecule has 0 aliphatic heterocycles. The summed E-state index contributed by atoms with van der Waals surface area (Å²) >= 11 is 0. The van der Waals surface area contributed by atoms with E-state index in [-0.39, 0.29) is 5.56 Å². The zero-order chi connectivity index (χ0) is 18.8. The highest BCUT2D eigenvalue weighted by atomic mass is 16.1. The Kier molecular flexibility index (Phi) is 7.93. The molecule has 0 saturated carbocycles. The second kappa shape index (κ2) is 10.4. The van der Waals surface area contributed by atoms with Crippen LogP contribution >= 0.6 is 0 Å². The van der Waals surface area contributed by atoms with E-state index in [0.717, 1.165) is 44.1 Å². The number of nitrogens with one attached hydrogen (secondary N) is 2. The number of aryl methyl sites for hydroxylation is 2. The Morgan fingerprint density at radius 3 is 2.58 bits per heavy atom. The summed E-state index contributed by atoms with van der Waals surface area (Å²) in [5.74, 6) is 0.837. The molecule has 0 aliphatic rings. The van der Waals surface area contributed by atoms with E-state index in [1.54, 1.807) is 6.07 Å². The van der Waals surface area contributed by atoms with Gasteiger partial charge in [-0.05, 0) is 50.8 Å². The quantitative estimate of drug-likeness (QED) is 0.435. The Hall–Kier alpha value is -2.56. The molecular formula is C21H30N4O. The molecule has 26 heavy (non-hydrogen) atoms. The van der Waals surface area contributed by atoms with Crippen LogP contribution < -0.4 is 16.2 Å². The molecule has 140 valence electrons. The molecule has 5 nitrogen and oxygen atoms in total. The van der Waals surface area contributed by atoms with Crippen LogP contribution in [0.4, 0.5) is 0 Å². The average Bonchev–Trinajstić information content (AvgIpc) is 2.62. The molecule has 0 unspecified atom stereocenters. The predicted molar refractivity (Wildman–Crippen MR) is 109 cm³/mol. The Morgan fingerprint density at radius 1 is 1.04 bits per heavy atom. The van der Waals surface area contributed by atoms with Crippen LogP contribution in [0.5, 0.6) is 0 Å². The van der Waals surface area contributed by atoms with Crippen molar-refractivity contribution in [3.05, 3.63) is 69.6 Å². The molecule has 0 spiro atoms. The monoisotopic (exact) mass is 354 g/mol. The number of rotatable bonds is 8. The summed E-state index contributed by atoms with van der Waals surface area (Å²) < 4.78 is 1.83. The van der Waals surface area contributed by atoms with Gasteiger partial charge >= 0.3 is 0 Å². The largest absolute Gasteiger partial charge is 0.357 e. The first-order chi connectivity index (χ1) is 12.6. The van der Waals surface area contributed by atoms with E-state index in [1.165, 1.54) is 11.1 Å². The van der Waals surface area contributed by atoms with Gasteiger partial charge in [0.1, 0.15) is 0 Å². The summed E-state index contributed by atoms with van der Waals surface area (Å²) in [6.45, 7) is 9.23. The second-order valence-corrected chi connectivity index (χ2v) is 6.41. The third kappa shape index (κ3) is 6.06. The number of hydrogen-bond donors (Lipinski definition) is 2. The zero-order valence-electron chi connectivity index (χ0n) is 16.1. The third-order valence-electron chi connectivity index (χ3n) is 4.38. The fourth-order valence-electron chi connectivity index (χ4n) is 2.81. The van der Waals surface area contributed by atoms with Crippen LogP contribution in [-0.2, 0) is 13.1 Å². The number of nitrogens with zero attached hydrogens (tertiary/aromatic N) is 2.